The minimum absolute atomic E-state index is 0.0767. The SMILES string of the molecule is C[C@H]1CC(C)(C)C[C@]2(C1)NC(=O)N(CC(=O)NNC(=O)c1cc3c(s1)CCCC3)C2=O. The van der Waals surface area contributed by atoms with Gasteiger partial charge in [0, 0.05) is 4.88 Å². The van der Waals surface area contributed by atoms with E-state index in [1.807, 2.05) is 6.07 Å². The molecule has 2 fully saturated rings. The summed E-state index contributed by atoms with van der Waals surface area (Å²) in [4.78, 5) is 53.2. The van der Waals surface area contributed by atoms with Crippen LogP contribution in [0.15, 0.2) is 6.07 Å². The first kappa shape index (κ1) is 21.8. The Morgan fingerprint density at radius 3 is 2.65 bits per heavy atom. The van der Waals surface area contributed by atoms with Gasteiger partial charge in [-0.25, -0.2) is 4.79 Å². The van der Waals surface area contributed by atoms with Crippen LogP contribution in [0.3, 0.4) is 0 Å². The number of aryl methyl sites for hydroxylation is 2. The highest BCUT2D eigenvalue weighted by Gasteiger charge is 2.56. The number of rotatable bonds is 3. The van der Waals surface area contributed by atoms with Crippen LogP contribution in [-0.2, 0) is 22.4 Å². The third kappa shape index (κ3) is 4.33. The average Bonchev–Trinajstić information content (AvgIpc) is 3.20. The molecule has 2 heterocycles. The second kappa shape index (κ2) is 7.93. The number of hydrogen-bond donors (Lipinski definition) is 3. The maximum atomic E-state index is 13.1. The summed E-state index contributed by atoms with van der Waals surface area (Å²) in [5.41, 5.74) is 4.93. The zero-order chi connectivity index (χ0) is 22.4. The quantitative estimate of drug-likeness (QED) is 0.490. The second-order valence-corrected chi connectivity index (χ2v) is 11.2. The molecule has 5 amide bonds. The van der Waals surface area contributed by atoms with Crippen molar-refractivity contribution >= 4 is 35.1 Å². The minimum atomic E-state index is -0.947. The Hall–Kier alpha value is -2.42. The Morgan fingerprint density at radius 1 is 1.19 bits per heavy atom. The van der Waals surface area contributed by atoms with E-state index >= 15 is 0 Å². The average molecular weight is 447 g/mol. The molecule has 1 aliphatic heterocycles. The summed E-state index contributed by atoms with van der Waals surface area (Å²) < 4.78 is 0. The van der Waals surface area contributed by atoms with E-state index in [1.165, 1.54) is 21.8 Å². The summed E-state index contributed by atoms with van der Waals surface area (Å²) in [5.74, 6) is -1.06. The third-order valence-electron chi connectivity index (χ3n) is 6.46. The Labute approximate surface area is 186 Å². The maximum absolute atomic E-state index is 13.1. The second-order valence-electron chi connectivity index (χ2n) is 10.0. The Bertz CT molecular complexity index is 916. The summed E-state index contributed by atoms with van der Waals surface area (Å²) in [6.07, 6.45) is 6.33. The molecule has 1 aromatic rings. The third-order valence-corrected chi connectivity index (χ3v) is 7.70. The lowest BCUT2D eigenvalue weighted by Gasteiger charge is -2.43. The molecule has 31 heavy (non-hydrogen) atoms. The number of imide groups is 1. The summed E-state index contributed by atoms with van der Waals surface area (Å²) in [6, 6.07) is 1.33. The van der Waals surface area contributed by atoms with Gasteiger partial charge in [0.15, 0.2) is 0 Å². The van der Waals surface area contributed by atoms with Crippen molar-refractivity contribution in [3.05, 3.63) is 21.4 Å². The number of carbonyl (C=O) groups is 4. The van der Waals surface area contributed by atoms with Crippen molar-refractivity contribution in [2.45, 2.75) is 71.3 Å². The fourth-order valence-electron chi connectivity index (χ4n) is 5.62. The van der Waals surface area contributed by atoms with Crippen LogP contribution in [0.2, 0.25) is 0 Å². The fourth-order valence-corrected chi connectivity index (χ4v) is 6.77. The Morgan fingerprint density at radius 2 is 1.94 bits per heavy atom. The van der Waals surface area contributed by atoms with E-state index in [9.17, 15) is 19.2 Å². The molecule has 2 aliphatic carbocycles. The summed E-state index contributed by atoms with van der Waals surface area (Å²) in [6.45, 7) is 5.84. The van der Waals surface area contributed by atoms with Gasteiger partial charge < -0.3 is 5.32 Å². The summed E-state index contributed by atoms with van der Waals surface area (Å²) in [7, 11) is 0. The highest BCUT2D eigenvalue weighted by atomic mass is 32.1. The van der Waals surface area contributed by atoms with E-state index in [4.69, 9.17) is 0 Å². The van der Waals surface area contributed by atoms with Crippen LogP contribution in [0.5, 0.6) is 0 Å². The fraction of sp³-hybridized carbons (Fsp3) is 0.636. The van der Waals surface area contributed by atoms with Crippen molar-refractivity contribution < 1.29 is 19.2 Å². The molecule has 1 spiro atoms. The Balaban J connectivity index is 1.35. The maximum Gasteiger partial charge on any atom is 0.325 e. The van der Waals surface area contributed by atoms with Crippen molar-refractivity contribution in [3.63, 3.8) is 0 Å². The van der Waals surface area contributed by atoms with Gasteiger partial charge in [-0.3, -0.25) is 30.1 Å². The standard InChI is InChI=1S/C22H30N4O4S/c1-13-9-21(2,3)12-22(10-13)19(29)26(20(30)23-22)11-17(27)24-25-18(28)16-8-14-6-4-5-7-15(14)31-16/h8,13H,4-7,9-12H2,1-3H3,(H,23,30)(H,24,27)(H,25,28)/t13-,22-/m0/s1. The molecule has 0 unspecified atom stereocenters. The zero-order valence-corrected chi connectivity index (χ0v) is 19.1. The van der Waals surface area contributed by atoms with Gasteiger partial charge in [0.2, 0.25) is 0 Å². The first-order valence-electron chi connectivity index (χ1n) is 10.9. The van der Waals surface area contributed by atoms with Crippen LogP contribution < -0.4 is 16.2 Å². The van der Waals surface area contributed by atoms with Gasteiger partial charge in [-0.1, -0.05) is 20.8 Å². The smallest absolute Gasteiger partial charge is 0.323 e. The molecule has 9 heteroatoms. The predicted molar refractivity (Wildman–Crippen MR) is 116 cm³/mol. The van der Waals surface area contributed by atoms with Gasteiger partial charge in [-0.15, -0.1) is 11.3 Å². The molecule has 1 saturated heterocycles. The summed E-state index contributed by atoms with van der Waals surface area (Å²) in [5, 5.41) is 2.85. The molecule has 0 bridgehead atoms. The van der Waals surface area contributed by atoms with Gasteiger partial charge in [0.25, 0.3) is 17.7 Å². The van der Waals surface area contributed by atoms with E-state index < -0.39 is 24.0 Å². The monoisotopic (exact) mass is 446 g/mol. The molecule has 3 aliphatic rings. The number of hydrogen-bond acceptors (Lipinski definition) is 5. The van der Waals surface area contributed by atoms with Crippen molar-refractivity contribution in [3.8, 4) is 0 Å². The molecule has 0 radical (unpaired) electrons. The first-order chi connectivity index (χ1) is 14.6. The van der Waals surface area contributed by atoms with Crippen LogP contribution >= 0.6 is 11.3 Å². The van der Waals surface area contributed by atoms with Gasteiger partial charge >= 0.3 is 6.03 Å². The number of nitrogens with one attached hydrogen (secondary N) is 3. The molecular formula is C22H30N4O4S. The molecule has 1 aromatic heterocycles. The lowest BCUT2D eigenvalue weighted by atomic mass is 9.64. The summed E-state index contributed by atoms with van der Waals surface area (Å²) >= 11 is 1.45. The van der Waals surface area contributed by atoms with Gasteiger partial charge in [-0.2, -0.15) is 0 Å². The van der Waals surface area contributed by atoms with Crippen LogP contribution in [0.1, 0.15) is 73.0 Å². The number of urea groups is 1. The highest BCUT2D eigenvalue weighted by molar-refractivity contribution is 7.14. The van der Waals surface area contributed by atoms with Crippen LogP contribution in [0.4, 0.5) is 4.79 Å². The number of amides is 5. The van der Waals surface area contributed by atoms with E-state index in [-0.39, 0.29) is 23.1 Å². The van der Waals surface area contributed by atoms with Crippen LogP contribution in [0.25, 0.3) is 0 Å². The molecule has 8 nitrogen and oxygen atoms in total. The van der Waals surface area contributed by atoms with E-state index in [0.717, 1.165) is 37.0 Å². The molecule has 3 N–H and O–H groups in total. The number of hydrazine groups is 1. The van der Waals surface area contributed by atoms with Crippen molar-refractivity contribution in [1.82, 2.24) is 21.1 Å². The van der Waals surface area contributed by atoms with E-state index in [0.29, 0.717) is 17.7 Å². The predicted octanol–water partition coefficient (Wildman–Crippen LogP) is 2.52. The zero-order valence-electron chi connectivity index (χ0n) is 18.3. The van der Waals surface area contributed by atoms with Gasteiger partial charge in [-0.05, 0) is 67.9 Å². The van der Waals surface area contributed by atoms with Crippen molar-refractivity contribution in [2.24, 2.45) is 11.3 Å². The van der Waals surface area contributed by atoms with Crippen molar-refractivity contribution in [2.75, 3.05) is 6.54 Å². The molecule has 4 rings (SSSR count). The van der Waals surface area contributed by atoms with E-state index in [1.54, 1.807) is 0 Å². The topological polar surface area (TPSA) is 108 Å². The van der Waals surface area contributed by atoms with Gasteiger partial charge in [0.05, 0.1) is 4.88 Å². The number of nitrogens with zero attached hydrogens (tertiary/aromatic N) is 1. The van der Waals surface area contributed by atoms with Gasteiger partial charge in [0.1, 0.15) is 12.1 Å². The number of fused-ring (bicyclic) bond motifs is 1. The number of thiophene rings is 1. The largest absolute Gasteiger partial charge is 0.325 e. The first-order valence-corrected chi connectivity index (χ1v) is 11.8. The molecule has 168 valence electrons. The number of carbonyl (C=O) groups excluding carboxylic acids is 4. The molecular weight excluding hydrogens is 416 g/mol. The minimum Gasteiger partial charge on any atom is -0.323 e. The Kier molecular flexibility index (Phi) is 5.57. The lowest BCUT2D eigenvalue weighted by Crippen LogP contribution is -2.54. The normalized spacial score (nSPS) is 27.1. The molecule has 2 atom stereocenters. The van der Waals surface area contributed by atoms with Crippen LogP contribution in [0, 0.1) is 11.3 Å². The lowest BCUT2D eigenvalue weighted by molar-refractivity contribution is -0.137. The van der Waals surface area contributed by atoms with E-state index in [2.05, 4.69) is 36.9 Å². The van der Waals surface area contributed by atoms with Crippen LogP contribution in [-0.4, -0.2) is 40.7 Å². The van der Waals surface area contributed by atoms with Crippen molar-refractivity contribution in [1.29, 1.82) is 0 Å². The highest BCUT2D eigenvalue weighted by Crippen LogP contribution is 2.46. The molecule has 0 aromatic carbocycles. The molecule has 1 saturated carbocycles.